The van der Waals surface area contributed by atoms with Gasteiger partial charge in [0, 0.05) is 48.3 Å². The summed E-state index contributed by atoms with van der Waals surface area (Å²) in [5.74, 6) is -0.831. The van der Waals surface area contributed by atoms with E-state index in [9.17, 15) is 22.3 Å². The summed E-state index contributed by atoms with van der Waals surface area (Å²) in [6, 6.07) is 11.6. The number of nitrogens with zero attached hydrogens (tertiary/aromatic N) is 4. The summed E-state index contributed by atoms with van der Waals surface area (Å²) >= 11 is -2.67. The zero-order valence-electron chi connectivity index (χ0n) is 18.9. The standard InChI is InChI=1S/C24H18F2N6O4S/c25-16-4-7-19(18(26)12-16)36-20-11-15-13-28-24(30-22(15)32-10-9-27-23(20)32)29-17-5-1-14(2-6-17)3-8-21(33)31-37(34)35/h1-8,11-13,27H,9-10H2,(H,31,33)(H,34,35)/p-1. The lowest BCUT2D eigenvalue weighted by Gasteiger charge is -2.17. The van der Waals surface area contributed by atoms with Crippen LogP contribution >= 0.6 is 0 Å². The smallest absolute Gasteiger partial charge is 0.254 e. The van der Waals surface area contributed by atoms with E-state index in [0.717, 1.165) is 18.2 Å². The number of anilines is 1. The summed E-state index contributed by atoms with van der Waals surface area (Å²) in [4.78, 5) is 24.7. The van der Waals surface area contributed by atoms with E-state index in [4.69, 9.17) is 4.74 Å². The van der Waals surface area contributed by atoms with E-state index in [0.29, 0.717) is 47.3 Å². The molecule has 1 amide bonds. The molecule has 2 aromatic rings. The lowest BCUT2D eigenvalue weighted by Crippen LogP contribution is -2.22. The molecule has 0 fully saturated rings. The number of rotatable bonds is 6. The van der Waals surface area contributed by atoms with Crippen LogP contribution in [-0.4, -0.2) is 35.7 Å². The molecule has 1 unspecified atom stereocenters. The first kappa shape index (κ1) is 24.2. The van der Waals surface area contributed by atoms with Gasteiger partial charge in [-0.25, -0.2) is 18.8 Å². The first-order valence-electron chi connectivity index (χ1n) is 10.9. The minimum absolute atomic E-state index is 0.107. The second kappa shape index (κ2) is 10.2. The van der Waals surface area contributed by atoms with E-state index in [1.807, 2.05) is 4.57 Å². The second-order valence-corrected chi connectivity index (χ2v) is 8.47. The van der Waals surface area contributed by atoms with Crippen molar-refractivity contribution in [1.29, 1.82) is 0 Å². The van der Waals surface area contributed by atoms with Gasteiger partial charge in [0.2, 0.25) is 0 Å². The van der Waals surface area contributed by atoms with Crippen molar-refractivity contribution in [2.24, 2.45) is 4.99 Å². The molecule has 0 spiro atoms. The zero-order valence-corrected chi connectivity index (χ0v) is 19.7. The van der Waals surface area contributed by atoms with E-state index in [1.165, 1.54) is 12.1 Å². The van der Waals surface area contributed by atoms with Gasteiger partial charge in [-0.15, -0.1) is 0 Å². The van der Waals surface area contributed by atoms with Crippen LogP contribution in [-0.2, 0) is 22.6 Å². The number of benzene rings is 2. The molecule has 0 saturated carbocycles. The number of hydrogen-bond donors (Lipinski definition) is 2. The Hall–Kier alpha value is -4.49. The third-order valence-electron chi connectivity index (χ3n) is 5.30. The summed E-state index contributed by atoms with van der Waals surface area (Å²) in [5.41, 5.74) is 2.08. The van der Waals surface area contributed by atoms with Crippen molar-refractivity contribution in [3.63, 3.8) is 0 Å². The minimum atomic E-state index is -2.67. The molecule has 3 aliphatic rings. The lowest BCUT2D eigenvalue weighted by atomic mass is 10.2. The molecule has 3 heterocycles. The number of pyridine rings is 1. The van der Waals surface area contributed by atoms with Gasteiger partial charge < -0.3 is 19.2 Å². The number of nitrogens with one attached hydrogen (secondary N) is 2. The van der Waals surface area contributed by atoms with Gasteiger partial charge in [0.05, 0.1) is 5.69 Å². The van der Waals surface area contributed by atoms with Crippen LogP contribution in [0.2, 0.25) is 0 Å². The Morgan fingerprint density at radius 2 is 2.00 bits per heavy atom. The van der Waals surface area contributed by atoms with Gasteiger partial charge in [-0.2, -0.15) is 4.98 Å². The van der Waals surface area contributed by atoms with Crippen LogP contribution in [0.4, 0.5) is 20.3 Å². The largest absolute Gasteiger partial charge is 0.755 e. The summed E-state index contributed by atoms with van der Waals surface area (Å²) < 4.78 is 57.7. The number of carbonyl (C=O) groups is 1. The van der Waals surface area contributed by atoms with Crippen LogP contribution in [0.1, 0.15) is 5.56 Å². The zero-order chi connectivity index (χ0) is 25.9. The highest BCUT2D eigenvalue weighted by Crippen LogP contribution is 2.38. The Balaban J connectivity index is 1.43. The summed E-state index contributed by atoms with van der Waals surface area (Å²) in [6.07, 6.45) is 4.14. The van der Waals surface area contributed by atoms with Crippen LogP contribution in [0, 0.1) is 11.6 Å². The molecule has 13 heteroatoms. The van der Waals surface area contributed by atoms with Gasteiger partial charge in [0.25, 0.3) is 11.5 Å². The molecule has 5 rings (SSSR count). The van der Waals surface area contributed by atoms with Gasteiger partial charge in [-0.1, -0.05) is 12.1 Å². The van der Waals surface area contributed by atoms with Gasteiger partial charge in [0.15, 0.2) is 23.1 Å². The molecule has 2 N–H and O–H groups in total. The first-order valence-corrected chi connectivity index (χ1v) is 11.9. The molecule has 0 aromatic heterocycles. The fraction of sp³-hybridized carbons (Fsp3) is 0.0833. The van der Waals surface area contributed by atoms with Crippen molar-refractivity contribution in [3.05, 3.63) is 83.6 Å². The van der Waals surface area contributed by atoms with Gasteiger partial charge in [-0.05, 0) is 42.0 Å². The molecule has 188 valence electrons. The van der Waals surface area contributed by atoms with Crippen LogP contribution in [0.5, 0.6) is 11.5 Å². The number of carbonyl (C=O) groups excluding carboxylic acids is 1. The van der Waals surface area contributed by atoms with Crippen molar-refractivity contribution in [2.45, 2.75) is 6.54 Å². The van der Waals surface area contributed by atoms with Crippen molar-refractivity contribution in [2.75, 3.05) is 11.9 Å². The second-order valence-electron chi connectivity index (χ2n) is 7.80. The third kappa shape index (κ3) is 5.52. The average Bonchev–Trinajstić information content (AvgIpc) is 3.36. The summed E-state index contributed by atoms with van der Waals surface area (Å²) in [6.45, 7) is 1.19. The molecule has 0 bridgehead atoms. The fourth-order valence-corrected chi connectivity index (χ4v) is 3.93. The van der Waals surface area contributed by atoms with Crippen LogP contribution in [0.15, 0.2) is 65.8 Å². The molecule has 3 aliphatic heterocycles. The number of hydrogen-bond acceptors (Lipinski definition) is 8. The fourth-order valence-electron chi connectivity index (χ4n) is 3.70. The number of aromatic nitrogens is 3. The maximum Gasteiger partial charge on any atom is 0.254 e. The first-order chi connectivity index (χ1) is 17.9. The number of amides is 1. The molecule has 0 aliphatic carbocycles. The lowest BCUT2D eigenvalue weighted by molar-refractivity contribution is -0.114. The Kier molecular flexibility index (Phi) is 6.70. The Morgan fingerprint density at radius 1 is 1.19 bits per heavy atom. The maximum absolute atomic E-state index is 14.1. The van der Waals surface area contributed by atoms with Crippen molar-refractivity contribution in [3.8, 4) is 22.9 Å². The predicted octanol–water partition coefficient (Wildman–Crippen LogP) is 3.03. The quantitative estimate of drug-likeness (QED) is 0.293. The van der Waals surface area contributed by atoms with Crippen LogP contribution in [0.25, 0.3) is 17.5 Å². The van der Waals surface area contributed by atoms with E-state index in [2.05, 4.69) is 20.3 Å². The Bertz CT molecular complexity index is 1590. The molecular weight excluding hydrogens is 506 g/mol. The predicted molar refractivity (Wildman–Crippen MR) is 129 cm³/mol. The van der Waals surface area contributed by atoms with Gasteiger partial charge in [0.1, 0.15) is 11.6 Å². The number of fused-ring (bicyclic) bond motifs is 3. The molecule has 0 radical (unpaired) electrons. The van der Waals surface area contributed by atoms with Crippen molar-refractivity contribution < 1.29 is 27.1 Å². The van der Waals surface area contributed by atoms with Crippen molar-refractivity contribution in [1.82, 2.24) is 19.3 Å². The SMILES string of the molecule is O=C(C=Cc1ccc(N=c2ncc3cc(Oc4ccc(F)cc4F)c4n(c-3n2)CCN4)cc1)NS(=O)[O-]. The third-order valence-corrected chi connectivity index (χ3v) is 5.67. The highest BCUT2D eigenvalue weighted by atomic mass is 32.2. The van der Waals surface area contributed by atoms with Crippen LogP contribution in [0.3, 0.4) is 0 Å². The molecule has 1 atom stereocenters. The van der Waals surface area contributed by atoms with Crippen molar-refractivity contribution >= 4 is 34.8 Å². The number of ether oxygens (including phenoxy) is 1. The van der Waals surface area contributed by atoms with Gasteiger partial charge in [-0.3, -0.25) is 13.7 Å². The summed E-state index contributed by atoms with van der Waals surface area (Å²) in [5, 5.41) is 3.20. The maximum atomic E-state index is 14.1. The van der Waals surface area contributed by atoms with E-state index in [-0.39, 0.29) is 11.4 Å². The number of halogens is 2. The average molecular weight is 524 g/mol. The normalized spacial score (nSPS) is 14.0. The molecular formula is C24H17F2N6O4S-. The minimum Gasteiger partial charge on any atom is -0.755 e. The molecule has 2 aromatic carbocycles. The van der Waals surface area contributed by atoms with E-state index >= 15 is 0 Å². The molecule has 37 heavy (non-hydrogen) atoms. The van der Waals surface area contributed by atoms with Gasteiger partial charge >= 0.3 is 0 Å². The van der Waals surface area contributed by atoms with E-state index in [1.54, 1.807) is 41.3 Å². The highest BCUT2D eigenvalue weighted by molar-refractivity contribution is 7.77. The summed E-state index contributed by atoms with van der Waals surface area (Å²) in [7, 11) is 0. The molecule has 10 nitrogen and oxygen atoms in total. The van der Waals surface area contributed by atoms with Crippen LogP contribution < -0.4 is 20.4 Å². The monoisotopic (exact) mass is 523 g/mol. The highest BCUT2D eigenvalue weighted by Gasteiger charge is 2.23. The Morgan fingerprint density at radius 3 is 2.76 bits per heavy atom. The Labute approximate surface area is 211 Å². The topological polar surface area (TPSA) is 134 Å². The van der Waals surface area contributed by atoms with E-state index < -0.39 is 28.8 Å². The molecule has 0 saturated heterocycles.